The Labute approximate surface area is 344 Å². The maximum atomic E-state index is 12.6. The van der Waals surface area contributed by atoms with E-state index in [2.05, 4.69) is 61.8 Å². The number of aliphatic hydroxyl groups is 3. The van der Waals surface area contributed by atoms with Crippen molar-refractivity contribution in [1.29, 1.82) is 0 Å². The first-order chi connectivity index (χ1) is 27.5. The minimum atomic E-state index is -4.66. The third-order valence-corrected chi connectivity index (χ3v) is 9.96. The van der Waals surface area contributed by atoms with E-state index in [0.29, 0.717) is 19.3 Å². The van der Waals surface area contributed by atoms with Crippen LogP contribution in [-0.2, 0) is 32.7 Å². The van der Waals surface area contributed by atoms with Crippen LogP contribution in [0, 0.1) is 5.92 Å². The van der Waals surface area contributed by atoms with E-state index >= 15 is 0 Å². The maximum absolute atomic E-state index is 12.6. The van der Waals surface area contributed by atoms with Crippen LogP contribution in [0.15, 0.2) is 72.9 Å². The Morgan fingerprint density at radius 2 is 1.25 bits per heavy atom. The fraction of sp³-hybridized carbons (Fsp3) is 0.689. The smallest absolute Gasteiger partial charge is 0.462 e. The summed E-state index contributed by atoms with van der Waals surface area (Å²) in [5.41, 5.74) is 0. The molecule has 0 saturated heterocycles. The van der Waals surface area contributed by atoms with Crippen LogP contribution in [-0.4, -0.2) is 76.9 Å². The highest BCUT2D eigenvalue weighted by molar-refractivity contribution is 7.47. The van der Waals surface area contributed by atoms with Crippen LogP contribution in [0.1, 0.15) is 149 Å². The molecule has 0 aliphatic heterocycles. The third-order valence-electron chi connectivity index (χ3n) is 9.01. The number of allylic oxidation sites excluding steroid dienone is 10. The minimum absolute atomic E-state index is 0.0325. The van der Waals surface area contributed by atoms with Gasteiger partial charge in [0.2, 0.25) is 0 Å². The summed E-state index contributed by atoms with van der Waals surface area (Å²) in [7, 11) is -4.66. The average molecular weight is 825 g/mol. The van der Waals surface area contributed by atoms with Gasteiger partial charge in [0, 0.05) is 12.8 Å². The average Bonchev–Trinajstić information content (AvgIpc) is 3.19. The molecule has 0 aromatic rings. The van der Waals surface area contributed by atoms with Crippen molar-refractivity contribution in [3.05, 3.63) is 72.9 Å². The predicted octanol–water partition coefficient (Wildman–Crippen LogP) is 10.1. The Bertz CT molecular complexity index is 1210. The Morgan fingerprint density at radius 3 is 1.86 bits per heavy atom. The molecule has 0 fully saturated rings. The molecule has 0 spiro atoms. The van der Waals surface area contributed by atoms with Gasteiger partial charge in [0.15, 0.2) is 6.10 Å². The molecule has 0 aliphatic carbocycles. The molecule has 0 amide bonds. The molecule has 328 valence electrons. The van der Waals surface area contributed by atoms with E-state index in [4.69, 9.17) is 19.1 Å². The summed E-state index contributed by atoms with van der Waals surface area (Å²) >= 11 is 0. The van der Waals surface area contributed by atoms with Crippen molar-refractivity contribution in [2.75, 3.05) is 26.4 Å². The van der Waals surface area contributed by atoms with E-state index in [9.17, 15) is 29.3 Å². The number of carbonyl (C=O) groups is 2. The summed E-state index contributed by atoms with van der Waals surface area (Å²) < 4.78 is 32.6. The van der Waals surface area contributed by atoms with Crippen molar-refractivity contribution < 1.29 is 52.9 Å². The van der Waals surface area contributed by atoms with Gasteiger partial charge in [0.05, 0.1) is 25.9 Å². The lowest BCUT2D eigenvalue weighted by Crippen LogP contribution is -2.29. The summed E-state index contributed by atoms with van der Waals surface area (Å²) in [6.45, 7) is 4.38. The van der Waals surface area contributed by atoms with Crippen molar-refractivity contribution in [3.63, 3.8) is 0 Å². The monoisotopic (exact) mass is 825 g/mol. The first-order valence-electron chi connectivity index (χ1n) is 21.4. The number of aliphatic hydroxyl groups excluding tert-OH is 3. The normalized spacial score (nSPS) is 15.7. The maximum Gasteiger partial charge on any atom is 0.472 e. The van der Waals surface area contributed by atoms with Gasteiger partial charge in [0.1, 0.15) is 12.7 Å². The van der Waals surface area contributed by atoms with Gasteiger partial charge in [-0.15, -0.1) is 0 Å². The summed E-state index contributed by atoms with van der Waals surface area (Å²) in [5.74, 6) is -0.287. The fourth-order valence-corrected chi connectivity index (χ4v) is 6.10. The molecule has 0 radical (unpaired) electrons. The molecule has 11 nitrogen and oxygen atoms in total. The lowest BCUT2D eigenvalue weighted by molar-refractivity contribution is -0.161. The second kappa shape index (κ2) is 38.9. The number of carbonyl (C=O) groups excluding carboxylic acids is 2. The predicted molar refractivity (Wildman–Crippen MR) is 229 cm³/mol. The van der Waals surface area contributed by atoms with E-state index in [1.165, 1.54) is 51.4 Å². The quantitative estimate of drug-likeness (QED) is 0.0154. The van der Waals surface area contributed by atoms with Crippen molar-refractivity contribution in [1.82, 2.24) is 0 Å². The molecular weight excluding hydrogens is 747 g/mol. The summed E-state index contributed by atoms with van der Waals surface area (Å²) in [6, 6.07) is 0. The summed E-state index contributed by atoms with van der Waals surface area (Å²) in [6.07, 6.45) is 39.0. The van der Waals surface area contributed by atoms with Gasteiger partial charge >= 0.3 is 19.8 Å². The Morgan fingerprint density at radius 1 is 0.667 bits per heavy atom. The SMILES string of the molecule is CC/C=C\C/C=C\C/C=C\C/C=C\C=C/C(O)C/C=C\CCC(=O)OC[C@H](COP(=O)(O)OC[C@@H](O)CO)OC(=O)CCCCCCCCCCCCC(C)CC. The number of ether oxygens (including phenoxy) is 2. The zero-order chi connectivity index (χ0) is 42.2. The molecule has 5 atom stereocenters. The van der Waals surface area contributed by atoms with E-state index in [1.54, 1.807) is 24.3 Å². The Balaban J connectivity index is 4.54. The Kier molecular flexibility index (Phi) is 37.1. The van der Waals surface area contributed by atoms with Gasteiger partial charge < -0.3 is 29.7 Å². The lowest BCUT2D eigenvalue weighted by atomic mass is 9.99. The second-order valence-electron chi connectivity index (χ2n) is 14.4. The number of unbranched alkanes of at least 4 members (excludes halogenated alkanes) is 9. The topological polar surface area (TPSA) is 169 Å². The van der Waals surface area contributed by atoms with Crippen molar-refractivity contribution in [3.8, 4) is 0 Å². The summed E-state index contributed by atoms with van der Waals surface area (Å²) in [4.78, 5) is 35.0. The van der Waals surface area contributed by atoms with E-state index in [1.807, 2.05) is 12.2 Å². The molecule has 57 heavy (non-hydrogen) atoms. The zero-order valence-electron chi connectivity index (χ0n) is 35.3. The van der Waals surface area contributed by atoms with Gasteiger partial charge in [-0.1, -0.05) is 164 Å². The van der Waals surface area contributed by atoms with Crippen LogP contribution in [0.5, 0.6) is 0 Å². The van der Waals surface area contributed by atoms with E-state index < -0.39 is 64.5 Å². The summed E-state index contributed by atoms with van der Waals surface area (Å²) in [5, 5.41) is 28.5. The molecule has 0 heterocycles. The van der Waals surface area contributed by atoms with Crippen LogP contribution in [0.4, 0.5) is 0 Å². The number of hydrogen-bond acceptors (Lipinski definition) is 10. The highest BCUT2D eigenvalue weighted by Crippen LogP contribution is 2.43. The van der Waals surface area contributed by atoms with Gasteiger partial charge in [-0.3, -0.25) is 18.6 Å². The number of hydrogen-bond donors (Lipinski definition) is 4. The number of phosphoric ester groups is 1. The molecule has 0 bridgehead atoms. The molecular formula is C45H77O11P. The highest BCUT2D eigenvalue weighted by atomic mass is 31.2. The second-order valence-corrected chi connectivity index (χ2v) is 15.9. The largest absolute Gasteiger partial charge is 0.472 e. The van der Waals surface area contributed by atoms with Crippen molar-refractivity contribution in [2.45, 2.75) is 167 Å². The molecule has 0 aliphatic rings. The first-order valence-corrected chi connectivity index (χ1v) is 22.9. The van der Waals surface area contributed by atoms with E-state index in [-0.39, 0.29) is 12.8 Å². The standard InChI is InChI=1S/C45H77O11P/c1-4-6-7-8-9-10-11-12-13-17-20-23-27-32-41(47)33-28-25-30-34-44(49)53-38-43(39-55-57(51,52)54-37-42(48)36-46)56-45(50)35-29-24-21-18-15-14-16-19-22-26-31-40(3)5-2/h6-7,9-10,12-13,20,23,25,27-28,32,40-43,46-48H,4-5,8,11,14-19,21-22,24,26,29-31,33-39H2,1-3H3,(H,51,52)/b7-6-,10-9-,13-12-,23-20-,28-25-,32-27-/t40?,41?,42-,43+/m0/s1. The third kappa shape index (κ3) is 38.6. The number of phosphoric acid groups is 1. The fourth-order valence-electron chi connectivity index (χ4n) is 5.31. The molecule has 0 aromatic heterocycles. The minimum Gasteiger partial charge on any atom is -0.462 e. The number of esters is 2. The molecule has 0 aromatic carbocycles. The number of rotatable bonds is 38. The first kappa shape index (κ1) is 54.4. The van der Waals surface area contributed by atoms with Crippen LogP contribution in [0.2, 0.25) is 0 Å². The molecule has 0 saturated carbocycles. The van der Waals surface area contributed by atoms with Gasteiger partial charge in [0.25, 0.3) is 0 Å². The lowest BCUT2D eigenvalue weighted by Gasteiger charge is -2.20. The zero-order valence-corrected chi connectivity index (χ0v) is 36.2. The molecule has 12 heteroatoms. The molecule has 4 N–H and O–H groups in total. The molecule has 3 unspecified atom stereocenters. The van der Waals surface area contributed by atoms with E-state index in [0.717, 1.165) is 50.9 Å². The van der Waals surface area contributed by atoms with Crippen molar-refractivity contribution >= 4 is 19.8 Å². The van der Waals surface area contributed by atoms with Gasteiger partial charge in [-0.25, -0.2) is 4.57 Å². The van der Waals surface area contributed by atoms with Crippen LogP contribution in [0.25, 0.3) is 0 Å². The van der Waals surface area contributed by atoms with Crippen LogP contribution < -0.4 is 0 Å². The van der Waals surface area contributed by atoms with Crippen molar-refractivity contribution in [2.24, 2.45) is 5.92 Å². The molecule has 0 rings (SSSR count). The van der Waals surface area contributed by atoms with Crippen LogP contribution in [0.3, 0.4) is 0 Å². The Hall–Kier alpha value is -2.63. The van der Waals surface area contributed by atoms with Gasteiger partial charge in [-0.05, 0) is 50.9 Å². The highest BCUT2D eigenvalue weighted by Gasteiger charge is 2.27. The van der Waals surface area contributed by atoms with Crippen LogP contribution >= 0.6 is 7.82 Å². The van der Waals surface area contributed by atoms with Gasteiger partial charge in [-0.2, -0.15) is 0 Å².